The molecule has 0 radical (unpaired) electrons. The summed E-state index contributed by atoms with van der Waals surface area (Å²) in [5, 5.41) is 21.8. The molecule has 1 aliphatic heterocycles. The highest BCUT2D eigenvalue weighted by molar-refractivity contribution is 6.06. The highest BCUT2D eigenvalue weighted by Crippen LogP contribution is 2.29. The first-order valence-electron chi connectivity index (χ1n) is 11.6. The number of benzene rings is 1. The first-order chi connectivity index (χ1) is 17.2. The third-order valence-electron chi connectivity index (χ3n) is 5.69. The van der Waals surface area contributed by atoms with Crippen LogP contribution >= 0.6 is 0 Å². The van der Waals surface area contributed by atoms with E-state index in [1.54, 1.807) is 49.9 Å². The molecule has 1 aliphatic rings. The maximum Gasteiger partial charge on any atom is 0.410 e. The highest BCUT2D eigenvalue weighted by atomic mass is 16.6. The molecule has 0 saturated carbocycles. The van der Waals surface area contributed by atoms with Crippen LogP contribution in [0.25, 0.3) is 0 Å². The Balaban J connectivity index is 1.82. The van der Waals surface area contributed by atoms with E-state index in [-0.39, 0.29) is 35.6 Å². The van der Waals surface area contributed by atoms with Gasteiger partial charge in [0.15, 0.2) is 5.84 Å². The van der Waals surface area contributed by atoms with Crippen molar-refractivity contribution in [3.8, 4) is 5.75 Å². The van der Waals surface area contributed by atoms with E-state index in [1.807, 2.05) is 6.07 Å². The number of ether oxygens (including phenoxy) is 2. The van der Waals surface area contributed by atoms with Crippen LogP contribution in [-0.4, -0.2) is 70.2 Å². The van der Waals surface area contributed by atoms with Crippen LogP contribution in [0.5, 0.6) is 5.75 Å². The van der Waals surface area contributed by atoms with Crippen molar-refractivity contribution < 1.29 is 24.2 Å². The van der Waals surface area contributed by atoms with Gasteiger partial charge in [0.2, 0.25) is 0 Å². The van der Waals surface area contributed by atoms with Gasteiger partial charge in [-0.05, 0) is 62.6 Å². The number of nitrogens with two attached hydrogens (primary N) is 1. The summed E-state index contributed by atoms with van der Waals surface area (Å²) in [4.78, 5) is 31.5. The fourth-order valence-electron chi connectivity index (χ4n) is 3.80. The minimum Gasteiger partial charge on any atom is -0.496 e. The number of amidine groups is 1. The van der Waals surface area contributed by atoms with Gasteiger partial charge in [0.05, 0.1) is 31.4 Å². The van der Waals surface area contributed by atoms with E-state index >= 15 is 0 Å². The number of carbonyl (C=O) groups excluding carboxylic acids is 2. The molecule has 0 spiro atoms. The normalized spacial score (nSPS) is 13.6. The number of rotatable bonds is 8. The van der Waals surface area contributed by atoms with Crippen molar-refractivity contribution in [1.29, 1.82) is 5.41 Å². The molecule has 1 aromatic heterocycles. The Morgan fingerprint density at radius 1 is 1.28 bits per heavy atom. The Kier molecular flexibility index (Phi) is 8.80. The topological polar surface area (TPSA) is 166 Å². The maximum absolute atomic E-state index is 13.2. The van der Waals surface area contributed by atoms with Gasteiger partial charge >= 0.3 is 6.09 Å². The van der Waals surface area contributed by atoms with E-state index in [1.165, 1.54) is 12.1 Å². The van der Waals surface area contributed by atoms with Gasteiger partial charge in [-0.25, -0.2) is 9.78 Å². The molecule has 12 heteroatoms. The quantitative estimate of drug-likeness (QED) is 0.157. The molecular formula is C24H33N7O5. The zero-order chi connectivity index (χ0) is 26.4. The number of hydrazine groups is 2. The third-order valence-corrected chi connectivity index (χ3v) is 5.69. The first-order valence-corrected chi connectivity index (χ1v) is 11.6. The van der Waals surface area contributed by atoms with Crippen LogP contribution in [0.3, 0.4) is 0 Å². The predicted octanol–water partition coefficient (Wildman–Crippen LogP) is 1.63. The number of nitrogens with one attached hydrogen (secondary N) is 3. The summed E-state index contributed by atoms with van der Waals surface area (Å²) >= 11 is 0. The van der Waals surface area contributed by atoms with Crippen LogP contribution in [0.4, 0.5) is 10.6 Å². The lowest BCUT2D eigenvalue weighted by atomic mass is 9.96. The number of hydrogen-bond acceptors (Lipinski definition) is 9. The van der Waals surface area contributed by atoms with E-state index in [9.17, 15) is 14.7 Å². The lowest BCUT2D eigenvalue weighted by Crippen LogP contribution is -2.53. The molecule has 194 valence electrons. The van der Waals surface area contributed by atoms with Gasteiger partial charge in [-0.1, -0.05) is 6.07 Å². The highest BCUT2D eigenvalue weighted by Gasteiger charge is 2.26. The average molecular weight is 500 g/mol. The summed E-state index contributed by atoms with van der Waals surface area (Å²) < 4.78 is 10.8. The maximum atomic E-state index is 13.2. The summed E-state index contributed by atoms with van der Waals surface area (Å²) in [6.07, 6.45) is 0.00244. The van der Waals surface area contributed by atoms with Crippen molar-refractivity contribution in [1.82, 2.24) is 20.4 Å². The first kappa shape index (κ1) is 26.9. The van der Waals surface area contributed by atoms with Crippen LogP contribution in [0.15, 0.2) is 30.3 Å². The van der Waals surface area contributed by atoms with Gasteiger partial charge in [-0.15, -0.1) is 0 Å². The molecule has 2 heterocycles. The summed E-state index contributed by atoms with van der Waals surface area (Å²) in [6.45, 7) is 5.88. The molecule has 0 aliphatic carbocycles. The molecule has 1 atom stereocenters. The Morgan fingerprint density at radius 3 is 2.67 bits per heavy atom. The number of amides is 2. The Labute approximate surface area is 209 Å². The van der Waals surface area contributed by atoms with E-state index in [0.29, 0.717) is 25.3 Å². The standard InChI is InChI=1S/C24H33N7O5/c1-14(2)36-24(34)30-9-8-16-11-20(35-4)18(10-17(16)12-30)23(33)28-21-7-5-6-19(27-21)22(25)31(29-26)15(3)13-32/h5-7,10-11,14-15,25,29,32H,8-9,12-13,26H2,1-4H3,(H,27,28,33). The number of aliphatic hydroxyl groups is 1. The summed E-state index contributed by atoms with van der Waals surface area (Å²) in [7, 11) is 1.49. The van der Waals surface area contributed by atoms with Crippen molar-refractivity contribution >= 4 is 23.7 Å². The molecular weight excluding hydrogens is 466 g/mol. The van der Waals surface area contributed by atoms with Crippen LogP contribution in [0.2, 0.25) is 0 Å². The van der Waals surface area contributed by atoms with Gasteiger partial charge in [0, 0.05) is 13.1 Å². The Morgan fingerprint density at radius 2 is 2.03 bits per heavy atom. The summed E-state index contributed by atoms with van der Waals surface area (Å²) in [5.41, 5.74) is 4.73. The van der Waals surface area contributed by atoms with E-state index in [2.05, 4.69) is 15.8 Å². The molecule has 0 bridgehead atoms. The second kappa shape index (κ2) is 11.8. The molecule has 1 unspecified atom stereocenters. The minimum absolute atomic E-state index is 0.0742. The van der Waals surface area contributed by atoms with Crippen molar-refractivity contribution in [3.63, 3.8) is 0 Å². The van der Waals surface area contributed by atoms with Gasteiger partial charge in [-0.2, -0.15) is 5.53 Å². The zero-order valence-corrected chi connectivity index (χ0v) is 20.9. The Hall–Kier alpha value is -3.74. The second-order valence-corrected chi connectivity index (χ2v) is 8.67. The van der Waals surface area contributed by atoms with Gasteiger partial charge < -0.3 is 24.8 Å². The summed E-state index contributed by atoms with van der Waals surface area (Å²) in [5.74, 6) is 5.60. The van der Waals surface area contributed by atoms with E-state index in [0.717, 1.165) is 11.1 Å². The molecule has 36 heavy (non-hydrogen) atoms. The minimum atomic E-state index is -0.473. The van der Waals surface area contributed by atoms with Crippen LogP contribution in [0.1, 0.15) is 48.0 Å². The molecule has 2 amide bonds. The lowest BCUT2D eigenvalue weighted by molar-refractivity contribution is 0.0730. The molecule has 0 fully saturated rings. The number of aliphatic hydroxyl groups excluding tert-OH is 1. The van der Waals surface area contributed by atoms with E-state index in [4.69, 9.17) is 20.7 Å². The molecule has 6 N–H and O–H groups in total. The number of aromatic nitrogens is 1. The number of methoxy groups -OCH3 is 1. The number of hydrogen-bond donors (Lipinski definition) is 5. The van der Waals surface area contributed by atoms with Crippen LogP contribution < -0.4 is 21.4 Å². The van der Waals surface area contributed by atoms with Crippen LogP contribution in [0, 0.1) is 5.41 Å². The van der Waals surface area contributed by atoms with Crippen molar-refractivity contribution in [2.45, 2.75) is 45.9 Å². The number of fused-ring (bicyclic) bond motifs is 1. The van der Waals surface area contributed by atoms with Crippen molar-refractivity contribution in [3.05, 3.63) is 52.7 Å². The Bertz CT molecular complexity index is 1120. The molecule has 0 saturated heterocycles. The van der Waals surface area contributed by atoms with Crippen LogP contribution in [-0.2, 0) is 17.7 Å². The second-order valence-electron chi connectivity index (χ2n) is 8.67. The van der Waals surface area contributed by atoms with Gasteiger partial charge in [0.25, 0.3) is 5.91 Å². The molecule has 2 aromatic rings. The average Bonchev–Trinajstić information content (AvgIpc) is 2.87. The van der Waals surface area contributed by atoms with E-state index < -0.39 is 18.0 Å². The monoisotopic (exact) mass is 499 g/mol. The van der Waals surface area contributed by atoms with Crippen molar-refractivity contribution in [2.24, 2.45) is 5.84 Å². The molecule has 12 nitrogen and oxygen atoms in total. The fourth-order valence-corrected chi connectivity index (χ4v) is 3.80. The fraction of sp³-hybridized carbons (Fsp3) is 0.417. The number of pyridine rings is 1. The zero-order valence-electron chi connectivity index (χ0n) is 20.9. The smallest absolute Gasteiger partial charge is 0.410 e. The van der Waals surface area contributed by atoms with Crippen molar-refractivity contribution in [2.75, 3.05) is 25.6 Å². The number of carbonyl (C=O) groups is 2. The SMILES string of the molecule is COc1cc2c(cc1C(=O)Nc1cccc(C(=N)N(NN)C(C)CO)n1)CN(C(=O)OC(C)C)CC2. The number of nitrogens with zero attached hydrogens (tertiary/aromatic N) is 3. The molecule has 3 rings (SSSR count). The third kappa shape index (κ3) is 6.08. The van der Waals surface area contributed by atoms with Gasteiger partial charge in [-0.3, -0.25) is 21.1 Å². The predicted molar refractivity (Wildman–Crippen MR) is 133 cm³/mol. The molecule has 1 aromatic carbocycles. The lowest BCUT2D eigenvalue weighted by Gasteiger charge is -2.29. The summed E-state index contributed by atoms with van der Waals surface area (Å²) in [6, 6.07) is 7.89. The largest absolute Gasteiger partial charge is 0.496 e. The number of anilines is 1. The van der Waals surface area contributed by atoms with Gasteiger partial charge in [0.1, 0.15) is 17.3 Å².